The molecule has 2 fully saturated rings. The number of anilines is 2. The van der Waals surface area contributed by atoms with Gasteiger partial charge in [0.15, 0.2) is 0 Å². The maximum Gasteiger partial charge on any atom is 0.272 e. The third-order valence-electron chi connectivity index (χ3n) is 6.60. The van der Waals surface area contributed by atoms with Gasteiger partial charge in [-0.2, -0.15) is 0 Å². The number of piperidine rings is 1. The predicted octanol–water partition coefficient (Wildman–Crippen LogP) is 3.90. The topological polar surface area (TPSA) is 39.7 Å². The van der Waals surface area contributed by atoms with Crippen LogP contribution in [-0.4, -0.2) is 55.1 Å². The smallest absolute Gasteiger partial charge is 0.272 e. The van der Waals surface area contributed by atoms with Crippen LogP contribution in [0.2, 0.25) is 0 Å². The van der Waals surface area contributed by atoms with Crippen LogP contribution in [0.5, 0.6) is 0 Å². The molecule has 2 aliphatic heterocycles. The van der Waals surface area contributed by atoms with Gasteiger partial charge in [-0.05, 0) is 61.9 Å². The van der Waals surface area contributed by atoms with Crippen molar-refractivity contribution in [2.24, 2.45) is 5.92 Å². The third kappa shape index (κ3) is 4.24. The molecule has 0 bridgehead atoms. The zero-order chi connectivity index (χ0) is 20.4. The number of nitrogens with zero attached hydrogens (tertiary/aromatic N) is 4. The average Bonchev–Trinajstić information content (AvgIpc) is 2.76. The normalized spacial score (nSPS) is 18.2. The van der Waals surface area contributed by atoms with Gasteiger partial charge in [-0.1, -0.05) is 19.1 Å². The molecule has 0 spiro atoms. The van der Waals surface area contributed by atoms with Crippen molar-refractivity contribution in [3.05, 3.63) is 53.3 Å². The van der Waals surface area contributed by atoms with Crippen molar-refractivity contribution >= 4 is 17.3 Å². The van der Waals surface area contributed by atoms with Crippen LogP contribution in [0.3, 0.4) is 0 Å². The molecule has 3 heterocycles. The molecular weight excluding hydrogens is 360 g/mol. The number of amides is 1. The Balaban J connectivity index is 1.41. The Kier molecular flexibility index (Phi) is 5.74. The van der Waals surface area contributed by atoms with Crippen LogP contribution >= 0.6 is 0 Å². The summed E-state index contributed by atoms with van der Waals surface area (Å²) in [4.78, 5) is 24.2. The molecule has 0 N–H and O–H groups in total. The zero-order valence-corrected chi connectivity index (χ0v) is 17.9. The number of aryl methyl sites for hydroxylation is 1. The molecular formula is C24H32N4O. The van der Waals surface area contributed by atoms with Crippen LogP contribution in [0, 0.1) is 19.8 Å². The van der Waals surface area contributed by atoms with Gasteiger partial charge in [0.1, 0.15) is 5.69 Å². The second kappa shape index (κ2) is 8.44. The number of piperazine rings is 1. The third-order valence-corrected chi connectivity index (χ3v) is 6.60. The molecule has 0 atom stereocenters. The van der Waals surface area contributed by atoms with Crippen LogP contribution in [0.25, 0.3) is 0 Å². The highest BCUT2D eigenvalue weighted by Gasteiger charge is 2.25. The number of carbonyl (C=O) groups is 1. The fourth-order valence-corrected chi connectivity index (χ4v) is 4.39. The molecule has 5 nitrogen and oxygen atoms in total. The summed E-state index contributed by atoms with van der Waals surface area (Å²) in [6.07, 6.45) is 4.21. The van der Waals surface area contributed by atoms with E-state index in [0.717, 1.165) is 50.9 Å². The first-order valence-electron chi connectivity index (χ1n) is 10.8. The molecule has 0 radical (unpaired) electrons. The molecule has 2 saturated heterocycles. The maximum atomic E-state index is 13.1. The summed E-state index contributed by atoms with van der Waals surface area (Å²) < 4.78 is 0. The van der Waals surface area contributed by atoms with Crippen molar-refractivity contribution in [3.8, 4) is 0 Å². The van der Waals surface area contributed by atoms with Gasteiger partial charge in [-0.25, -0.2) is 0 Å². The van der Waals surface area contributed by atoms with E-state index in [9.17, 15) is 4.79 Å². The fraction of sp³-hybridized carbons (Fsp3) is 0.500. The van der Waals surface area contributed by atoms with Gasteiger partial charge in [0.05, 0.1) is 0 Å². The summed E-state index contributed by atoms with van der Waals surface area (Å²) >= 11 is 0. The Morgan fingerprint density at radius 2 is 1.69 bits per heavy atom. The summed E-state index contributed by atoms with van der Waals surface area (Å²) in [6.45, 7) is 12.0. The van der Waals surface area contributed by atoms with Crippen molar-refractivity contribution in [2.75, 3.05) is 49.1 Å². The number of rotatable bonds is 3. The molecule has 1 aromatic carbocycles. The van der Waals surface area contributed by atoms with E-state index in [1.807, 2.05) is 17.0 Å². The molecule has 4 rings (SSSR count). The Morgan fingerprint density at radius 1 is 0.966 bits per heavy atom. The lowest BCUT2D eigenvalue weighted by molar-refractivity contribution is 0.0741. The van der Waals surface area contributed by atoms with Gasteiger partial charge in [-0.3, -0.25) is 9.78 Å². The zero-order valence-electron chi connectivity index (χ0n) is 17.9. The highest BCUT2D eigenvalue weighted by atomic mass is 16.2. The Labute approximate surface area is 174 Å². The van der Waals surface area contributed by atoms with Crippen LogP contribution in [0.15, 0.2) is 36.5 Å². The lowest BCUT2D eigenvalue weighted by Gasteiger charge is -2.37. The number of benzene rings is 1. The number of aromatic nitrogens is 1. The number of hydrogen-bond donors (Lipinski definition) is 0. The average molecular weight is 393 g/mol. The monoisotopic (exact) mass is 392 g/mol. The molecule has 0 aliphatic carbocycles. The number of hydrogen-bond acceptors (Lipinski definition) is 4. The van der Waals surface area contributed by atoms with Gasteiger partial charge in [0.25, 0.3) is 5.91 Å². The Morgan fingerprint density at radius 3 is 2.41 bits per heavy atom. The van der Waals surface area contributed by atoms with E-state index < -0.39 is 0 Å². The Hall–Kier alpha value is -2.56. The maximum absolute atomic E-state index is 13.1. The van der Waals surface area contributed by atoms with Crippen molar-refractivity contribution in [3.63, 3.8) is 0 Å². The number of carbonyl (C=O) groups excluding carboxylic acids is 1. The van der Waals surface area contributed by atoms with E-state index in [-0.39, 0.29) is 5.91 Å². The van der Waals surface area contributed by atoms with Gasteiger partial charge >= 0.3 is 0 Å². The second-order valence-electron chi connectivity index (χ2n) is 8.57. The molecule has 29 heavy (non-hydrogen) atoms. The van der Waals surface area contributed by atoms with Crippen LogP contribution < -0.4 is 9.80 Å². The standard InChI is InChI=1S/C24H32N4O/c1-18-8-11-26(12-9-18)21-7-10-25-22(17-21)24(29)28-15-13-27(14-16-28)23-6-4-5-19(2)20(23)3/h4-7,10,17-18H,8-9,11-16H2,1-3H3. The van der Waals surface area contributed by atoms with Gasteiger partial charge in [0, 0.05) is 56.8 Å². The minimum absolute atomic E-state index is 0.0536. The van der Waals surface area contributed by atoms with Crippen molar-refractivity contribution in [2.45, 2.75) is 33.6 Å². The Bertz CT molecular complexity index is 865. The van der Waals surface area contributed by atoms with E-state index in [4.69, 9.17) is 0 Å². The molecule has 5 heteroatoms. The highest BCUT2D eigenvalue weighted by Crippen LogP contribution is 2.25. The largest absolute Gasteiger partial charge is 0.371 e. The molecule has 0 unspecified atom stereocenters. The first kappa shape index (κ1) is 19.7. The summed E-state index contributed by atoms with van der Waals surface area (Å²) in [5.74, 6) is 0.848. The lowest BCUT2D eigenvalue weighted by atomic mass is 9.99. The summed E-state index contributed by atoms with van der Waals surface area (Å²) in [5.41, 5.74) is 5.63. The fourth-order valence-electron chi connectivity index (χ4n) is 4.39. The van der Waals surface area contributed by atoms with Crippen LogP contribution in [-0.2, 0) is 0 Å². The molecule has 1 amide bonds. The first-order chi connectivity index (χ1) is 14.0. The van der Waals surface area contributed by atoms with E-state index >= 15 is 0 Å². The van der Waals surface area contributed by atoms with Crippen molar-refractivity contribution in [1.29, 1.82) is 0 Å². The predicted molar refractivity (Wildman–Crippen MR) is 119 cm³/mol. The molecule has 1 aromatic heterocycles. The van der Waals surface area contributed by atoms with Gasteiger partial charge in [-0.15, -0.1) is 0 Å². The van der Waals surface area contributed by atoms with Crippen molar-refractivity contribution in [1.82, 2.24) is 9.88 Å². The highest BCUT2D eigenvalue weighted by molar-refractivity contribution is 5.93. The van der Waals surface area contributed by atoms with Gasteiger partial charge in [0.2, 0.25) is 0 Å². The van der Waals surface area contributed by atoms with Crippen LogP contribution in [0.1, 0.15) is 41.4 Å². The second-order valence-corrected chi connectivity index (χ2v) is 8.57. The molecule has 0 saturated carbocycles. The summed E-state index contributed by atoms with van der Waals surface area (Å²) in [7, 11) is 0. The summed E-state index contributed by atoms with van der Waals surface area (Å²) in [6, 6.07) is 10.5. The minimum atomic E-state index is 0.0536. The summed E-state index contributed by atoms with van der Waals surface area (Å²) in [5, 5.41) is 0. The van der Waals surface area contributed by atoms with Crippen LogP contribution in [0.4, 0.5) is 11.4 Å². The first-order valence-corrected chi connectivity index (χ1v) is 10.8. The molecule has 2 aromatic rings. The quantitative estimate of drug-likeness (QED) is 0.794. The van der Waals surface area contributed by atoms with E-state index in [1.54, 1.807) is 6.20 Å². The molecule has 2 aliphatic rings. The van der Waals surface area contributed by atoms with E-state index in [1.165, 1.54) is 29.7 Å². The number of pyridine rings is 1. The van der Waals surface area contributed by atoms with Crippen molar-refractivity contribution < 1.29 is 4.79 Å². The van der Waals surface area contributed by atoms with E-state index in [2.05, 4.69) is 53.8 Å². The minimum Gasteiger partial charge on any atom is -0.371 e. The van der Waals surface area contributed by atoms with E-state index in [0.29, 0.717) is 5.69 Å². The van der Waals surface area contributed by atoms with Gasteiger partial charge < -0.3 is 14.7 Å². The molecule has 154 valence electrons. The lowest BCUT2D eigenvalue weighted by Crippen LogP contribution is -2.49. The SMILES string of the molecule is Cc1cccc(N2CCN(C(=O)c3cc(N4CCC(C)CC4)ccn3)CC2)c1C.